The van der Waals surface area contributed by atoms with Crippen molar-refractivity contribution in [2.75, 3.05) is 0 Å². The lowest BCUT2D eigenvalue weighted by Gasteiger charge is -2.15. The summed E-state index contributed by atoms with van der Waals surface area (Å²) in [7, 11) is 0. The zero-order chi connectivity index (χ0) is 30.3. The molecule has 0 atom stereocenters. The maximum Gasteiger partial charge on any atom is 0.308 e. The molecular weight excluding hydrogens is 552 g/mol. The number of hydrogen-bond donors (Lipinski definition) is 0. The first-order valence-electron chi connectivity index (χ1n) is 11.1. The molecule has 0 saturated heterocycles. The molecule has 0 fully saturated rings. The molecule has 0 saturated carbocycles. The third-order valence-corrected chi connectivity index (χ3v) is 6.30. The lowest BCUT2D eigenvalue weighted by molar-refractivity contribution is 0.537. The maximum absolute atomic E-state index is 16.7. The number of nitrogens with zero attached hydrogens (tertiary/aromatic N) is 10. The van der Waals surface area contributed by atoms with Crippen molar-refractivity contribution in [3.8, 4) is 18.2 Å². The Morgan fingerprint density at radius 2 is 1.07 bits per heavy atom. The van der Waals surface area contributed by atoms with Crippen molar-refractivity contribution in [1.82, 2.24) is 19.9 Å². The third kappa shape index (κ3) is 3.59. The Morgan fingerprint density at radius 3 is 1.50 bits per heavy atom. The fourth-order valence-electron chi connectivity index (χ4n) is 4.78. The van der Waals surface area contributed by atoms with Gasteiger partial charge in [0.25, 0.3) is 11.4 Å². The second-order valence-electron chi connectivity index (χ2n) is 8.20. The molecule has 14 heteroatoms. The van der Waals surface area contributed by atoms with Gasteiger partial charge in [0.05, 0.1) is 37.4 Å². The number of rotatable bonds is 2. The van der Waals surface area contributed by atoms with Gasteiger partial charge in [-0.3, -0.25) is 0 Å². The molecule has 2 heterocycles. The highest BCUT2D eigenvalue weighted by atomic mass is 19.1. The molecule has 0 radical (unpaired) electrons. The average Bonchev–Trinajstić information content (AvgIpc) is 3.53. The Labute approximate surface area is 232 Å². The summed E-state index contributed by atoms with van der Waals surface area (Å²) >= 11 is 0. The van der Waals surface area contributed by atoms with Crippen molar-refractivity contribution in [3.05, 3.63) is 128 Å². The first-order chi connectivity index (χ1) is 20.3. The van der Waals surface area contributed by atoms with Gasteiger partial charge in [-0.25, -0.2) is 53.8 Å². The predicted molar refractivity (Wildman–Crippen MR) is 134 cm³/mol. The van der Waals surface area contributed by atoms with Crippen LogP contribution in [0.5, 0.6) is 0 Å². The summed E-state index contributed by atoms with van der Waals surface area (Å²) in [6.07, 6.45) is 1.23. The van der Waals surface area contributed by atoms with Crippen molar-refractivity contribution in [2.24, 2.45) is 0 Å². The van der Waals surface area contributed by atoms with Gasteiger partial charge in [0.15, 0.2) is 0 Å². The van der Waals surface area contributed by atoms with E-state index in [1.54, 1.807) is 18.2 Å². The Kier molecular flexibility index (Phi) is 6.30. The van der Waals surface area contributed by atoms with E-state index in [-0.39, 0.29) is 22.3 Å². The Hall–Kier alpha value is -7.00. The van der Waals surface area contributed by atoms with Crippen molar-refractivity contribution < 1.29 is 17.6 Å². The quantitative estimate of drug-likeness (QED) is 0.179. The van der Waals surface area contributed by atoms with Gasteiger partial charge in [-0.1, -0.05) is 0 Å². The number of fused-ring (bicyclic) bond motifs is 2. The lowest BCUT2D eigenvalue weighted by atomic mass is 9.91. The van der Waals surface area contributed by atoms with Gasteiger partial charge in [-0.2, -0.15) is 14.0 Å². The monoisotopic (exact) mass is 556 g/mol. The van der Waals surface area contributed by atoms with Crippen LogP contribution in [0.1, 0.15) is 33.4 Å². The molecule has 0 unspecified atom stereocenters. The van der Waals surface area contributed by atoms with Crippen molar-refractivity contribution in [2.45, 2.75) is 0 Å². The molecule has 10 nitrogen and oxygen atoms in total. The Morgan fingerprint density at radius 1 is 0.643 bits per heavy atom. The standard InChI is InChI=1S/C28H4F4N10/c1-36-14(5-34)19-16(11-7-39-27(31)40-8-11)13(4-33)18-21(19)25(30)23-22(24(18)29)20(15(6-35)37-2)17(26(23)38-3)12-9-41-28(32)42-10-12/h7-10H/b19-14-,20-15+. The first-order valence-corrected chi connectivity index (χ1v) is 11.1. The zero-order valence-corrected chi connectivity index (χ0v) is 20.3. The number of nitriles is 3. The van der Waals surface area contributed by atoms with E-state index in [0.717, 1.165) is 24.8 Å². The van der Waals surface area contributed by atoms with Crippen molar-refractivity contribution in [1.29, 1.82) is 15.8 Å². The van der Waals surface area contributed by atoms with Crippen molar-refractivity contribution >= 4 is 33.6 Å². The van der Waals surface area contributed by atoms with Gasteiger partial charge in [-0.05, 0) is 11.1 Å². The fourth-order valence-corrected chi connectivity index (χ4v) is 4.78. The minimum absolute atomic E-state index is 0.154. The van der Waals surface area contributed by atoms with Crippen LogP contribution in [0.4, 0.5) is 17.6 Å². The molecule has 3 aromatic rings. The summed E-state index contributed by atoms with van der Waals surface area (Å²) in [5, 5.41) is 29.5. The molecule has 42 heavy (non-hydrogen) atoms. The van der Waals surface area contributed by atoms with E-state index in [4.69, 9.17) is 19.7 Å². The first kappa shape index (κ1) is 26.6. The molecule has 5 rings (SSSR count). The Bertz CT molecular complexity index is 1980. The number of hydrogen-bond acceptors (Lipinski definition) is 7. The van der Waals surface area contributed by atoms with Gasteiger partial charge in [-0.15, -0.1) is 0 Å². The normalized spacial score (nSPS) is 15.4. The van der Waals surface area contributed by atoms with Crippen LogP contribution in [0.2, 0.25) is 0 Å². The van der Waals surface area contributed by atoms with Crippen LogP contribution >= 0.6 is 0 Å². The number of benzene rings is 1. The second kappa shape index (κ2) is 9.95. The molecule has 0 amide bonds. The van der Waals surface area contributed by atoms with Gasteiger partial charge in [0.1, 0.15) is 17.7 Å². The number of halogens is 4. The van der Waals surface area contributed by atoms with Crippen LogP contribution in [-0.4, -0.2) is 19.9 Å². The minimum Gasteiger partial charge on any atom is -0.237 e. The van der Waals surface area contributed by atoms with Gasteiger partial charge in [0, 0.05) is 69.3 Å². The molecule has 2 aliphatic rings. The summed E-state index contributed by atoms with van der Waals surface area (Å²) in [5.41, 5.74) is -7.74. The third-order valence-electron chi connectivity index (χ3n) is 6.30. The summed E-state index contributed by atoms with van der Waals surface area (Å²) in [4.78, 5) is 23.1. The number of allylic oxidation sites excluding steroid dienone is 7. The van der Waals surface area contributed by atoms with E-state index in [9.17, 15) is 24.6 Å². The zero-order valence-electron chi connectivity index (χ0n) is 20.3. The van der Waals surface area contributed by atoms with Crippen LogP contribution < -0.4 is 0 Å². The van der Waals surface area contributed by atoms with Crippen LogP contribution in [0.15, 0.2) is 36.2 Å². The summed E-state index contributed by atoms with van der Waals surface area (Å²) < 4.78 is 60.5. The van der Waals surface area contributed by atoms with Crippen LogP contribution in [0.25, 0.3) is 48.1 Å². The van der Waals surface area contributed by atoms with E-state index >= 15 is 8.78 Å². The Balaban J connectivity index is 2.02. The molecule has 0 bridgehead atoms. The molecule has 194 valence electrons. The van der Waals surface area contributed by atoms with Gasteiger partial charge >= 0.3 is 12.2 Å². The van der Waals surface area contributed by atoms with E-state index in [2.05, 4.69) is 34.5 Å². The number of aromatic nitrogens is 4. The largest absolute Gasteiger partial charge is 0.308 e. The van der Waals surface area contributed by atoms with Gasteiger partial charge < -0.3 is 0 Å². The highest BCUT2D eigenvalue weighted by molar-refractivity contribution is 6.29. The smallest absolute Gasteiger partial charge is 0.237 e. The topological polar surface area (TPSA) is 136 Å². The maximum atomic E-state index is 16.7. The predicted octanol–water partition coefficient (Wildman–Crippen LogP) is 5.38. The summed E-state index contributed by atoms with van der Waals surface area (Å²) in [5.74, 6) is -2.72. The van der Waals surface area contributed by atoms with Crippen LogP contribution in [0.3, 0.4) is 0 Å². The summed E-state index contributed by atoms with van der Waals surface area (Å²) in [6.45, 7) is 22.8. The second-order valence-corrected chi connectivity index (χ2v) is 8.20. The van der Waals surface area contributed by atoms with E-state index < -0.39 is 79.9 Å². The fraction of sp³-hybridized carbons (Fsp3) is 0. The van der Waals surface area contributed by atoms with E-state index in [1.165, 1.54) is 0 Å². The molecule has 2 aromatic heterocycles. The van der Waals surface area contributed by atoms with E-state index in [0.29, 0.717) is 0 Å². The van der Waals surface area contributed by atoms with Crippen LogP contribution in [-0.2, 0) is 0 Å². The molecule has 1 aromatic carbocycles. The van der Waals surface area contributed by atoms with E-state index in [1.807, 2.05) is 0 Å². The molecule has 2 aliphatic carbocycles. The molecular formula is C28H4F4N10. The van der Waals surface area contributed by atoms with Crippen LogP contribution in [0, 0.1) is 77.5 Å². The minimum atomic E-state index is -1.36. The average molecular weight is 556 g/mol. The highest BCUT2D eigenvalue weighted by Crippen LogP contribution is 2.57. The molecule has 0 spiro atoms. The highest BCUT2D eigenvalue weighted by Gasteiger charge is 2.44. The molecule has 0 N–H and O–H groups in total. The van der Waals surface area contributed by atoms with Crippen molar-refractivity contribution in [3.63, 3.8) is 0 Å². The SMILES string of the molecule is [C-]#[N+]C1=C(c2cnc(F)nc2)/C(=C(/C#N)[N+]#[C-])c2c(F)c3c(c(F)c21)/C(=C(/C#N)[N+]#[C-])C(c1cnc(F)nc1)=C3C#N. The molecule has 0 aliphatic heterocycles. The van der Waals surface area contributed by atoms with Gasteiger partial charge in [0.2, 0.25) is 5.70 Å². The summed E-state index contributed by atoms with van der Waals surface area (Å²) in [6, 6.07) is 4.88. The lowest BCUT2D eigenvalue weighted by Crippen LogP contribution is -2.05.